The summed E-state index contributed by atoms with van der Waals surface area (Å²) in [5, 5.41) is 3.27. The molecule has 2 fully saturated rings. The minimum Gasteiger partial charge on any atom is -0.340 e. The molecule has 0 spiro atoms. The summed E-state index contributed by atoms with van der Waals surface area (Å²) in [6.07, 6.45) is 0.407. The van der Waals surface area contributed by atoms with Gasteiger partial charge in [0.2, 0.25) is 11.8 Å². The maximum absolute atomic E-state index is 13.0. The highest BCUT2D eigenvalue weighted by atomic mass is 35.5. The number of nitrogens with one attached hydrogen (secondary N) is 1. The van der Waals surface area contributed by atoms with Gasteiger partial charge in [-0.15, -0.1) is 12.4 Å². The lowest BCUT2D eigenvalue weighted by Crippen LogP contribution is -2.53. The molecule has 0 radical (unpaired) electrons. The Kier molecular flexibility index (Phi) is 5.34. The highest BCUT2D eigenvalue weighted by Gasteiger charge is 2.38. The molecular weight excluding hydrogens is 262 g/mol. The number of hydrogen-bond acceptors (Lipinski definition) is 2. The first-order valence-electron chi connectivity index (χ1n) is 6.38. The maximum Gasteiger partial charge on any atom is 0.248 e. The second-order valence-electron chi connectivity index (χ2n) is 5.27. The topological polar surface area (TPSA) is 32.3 Å². The SMILES string of the molecule is CC1CN(C(=O)C2CCC(F)(F)CC2)CCN1.Cl. The van der Waals surface area contributed by atoms with Crippen molar-refractivity contribution in [2.45, 2.75) is 44.6 Å². The van der Waals surface area contributed by atoms with E-state index in [1.165, 1.54) is 0 Å². The van der Waals surface area contributed by atoms with Crippen molar-refractivity contribution >= 4 is 18.3 Å². The van der Waals surface area contributed by atoms with E-state index < -0.39 is 5.92 Å². The highest BCUT2D eigenvalue weighted by Crippen LogP contribution is 2.36. The van der Waals surface area contributed by atoms with Crippen LogP contribution in [0.1, 0.15) is 32.6 Å². The Balaban J connectivity index is 0.00000162. The van der Waals surface area contributed by atoms with E-state index in [0.29, 0.717) is 32.0 Å². The second kappa shape index (κ2) is 6.15. The molecule has 1 amide bonds. The monoisotopic (exact) mass is 282 g/mol. The van der Waals surface area contributed by atoms with Gasteiger partial charge in [0.1, 0.15) is 0 Å². The van der Waals surface area contributed by atoms with Crippen LogP contribution in [-0.4, -0.2) is 42.4 Å². The predicted molar refractivity (Wildman–Crippen MR) is 68.2 cm³/mol. The van der Waals surface area contributed by atoms with Crippen LogP contribution in [0.15, 0.2) is 0 Å². The summed E-state index contributed by atoms with van der Waals surface area (Å²) in [6, 6.07) is 0.303. The number of piperazine rings is 1. The lowest BCUT2D eigenvalue weighted by Gasteiger charge is -2.36. The van der Waals surface area contributed by atoms with Crippen molar-refractivity contribution in [1.29, 1.82) is 0 Å². The fourth-order valence-electron chi connectivity index (χ4n) is 2.68. The summed E-state index contributed by atoms with van der Waals surface area (Å²) in [7, 11) is 0. The Morgan fingerprint density at radius 3 is 2.50 bits per heavy atom. The molecule has 0 bridgehead atoms. The van der Waals surface area contributed by atoms with Gasteiger partial charge in [-0.2, -0.15) is 0 Å². The fourth-order valence-corrected chi connectivity index (χ4v) is 2.68. The average molecular weight is 283 g/mol. The standard InChI is InChI=1S/C12H20F2N2O.ClH/c1-9-8-16(7-6-15-9)11(17)10-2-4-12(13,14)5-3-10;/h9-10,15H,2-8H2,1H3;1H. The molecule has 1 N–H and O–H groups in total. The minimum absolute atomic E-state index is 0. The molecule has 1 saturated heterocycles. The van der Waals surface area contributed by atoms with Crippen molar-refractivity contribution in [2.75, 3.05) is 19.6 Å². The van der Waals surface area contributed by atoms with E-state index in [1.807, 2.05) is 11.8 Å². The normalized spacial score (nSPS) is 28.6. The van der Waals surface area contributed by atoms with E-state index in [9.17, 15) is 13.6 Å². The predicted octanol–water partition coefficient (Wildman–Crippen LogP) is 2.05. The minimum atomic E-state index is -2.55. The summed E-state index contributed by atoms with van der Waals surface area (Å²) in [4.78, 5) is 14.0. The molecule has 1 unspecified atom stereocenters. The van der Waals surface area contributed by atoms with Gasteiger partial charge >= 0.3 is 0 Å². The lowest BCUT2D eigenvalue weighted by atomic mass is 9.85. The summed E-state index contributed by atoms with van der Waals surface area (Å²) in [6.45, 7) is 4.24. The van der Waals surface area contributed by atoms with Crippen LogP contribution in [0.4, 0.5) is 8.78 Å². The van der Waals surface area contributed by atoms with Gasteiger partial charge in [0.15, 0.2) is 0 Å². The molecule has 2 aliphatic rings. The number of carbonyl (C=O) groups excluding carboxylic acids is 1. The van der Waals surface area contributed by atoms with Crippen molar-refractivity contribution in [1.82, 2.24) is 10.2 Å². The Labute approximate surface area is 113 Å². The number of rotatable bonds is 1. The van der Waals surface area contributed by atoms with Crippen LogP contribution >= 0.6 is 12.4 Å². The number of alkyl halides is 2. The molecule has 1 heterocycles. The zero-order valence-corrected chi connectivity index (χ0v) is 11.4. The van der Waals surface area contributed by atoms with Crippen LogP contribution in [0.25, 0.3) is 0 Å². The number of hydrogen-bond donors (Lipinski definition) is 1. The van der Waals surface area contributed by atoms with Crippen molar-refractivity contribution in [3.63, 3.8) is 0 Å². The average Bonchev–Trinajstić information content (AvgIpc) is 2.28. The second-order valence-corrected chi connectivity index (χ2v) is 5.27. The zero-order chi connectivity index (χ0) is 12.5. The Hall–Kier alpha value is -0.420. The Morgan fingerprint density at radius 1 is 1.33 bits per heavy atom. The molecule has 18 heavy (non-hydrogen) atoms. The van der Waals surface area contributed by atoms with Gasteiger partial charge in [0, 0.05) is 44.4 Å². The maximum atomic E-state index is 13.0. The van der Waals surface area contributed by atoms with E-state index >= 15 is 0 Å². The van der Waals surface area contributed by atoms with Crippen LogP contribution in [0.5, 0.6) is 0 Å². The summed E-state index contributed by atoms with van der Waals surface area (Å²) >= 11 is 0. The first-order valence-corrected chi connectivity index (χ1v) is 6.38. The van der Waals surface area contributed by atoms with Crippen molar-refractivity contribution in [3.05, 3.63) is 0 Å². The van der Waals surface area contributed by atoms with E-state index in [4.69, 9.17) is 0 Å². The molecule has 0 aromatic carbocycles. The third-order valence-corrected chi connectivity index (χ3v) is 3.75. The summed E-state index contributed by atoms with van der Waals surface area (Å²) in [5.41, 5.74) is 0. The fraction of sp³-hybridized carbons (Fsp3) is 0.917. The van der Waals surface area contributed by atoms with Crippen LogP contribution in [0.2, 0.25) is 0 Å². The van der Waals surface area contributed by atoms with Gasteiger partial charge in [0.25, 0.3) is 0 Å². The molecule has 6 heteroatoms. The quantitative estimate of drug-likeness (QED) is 0.798. The van der Waals surface area contributed by atoms with Crippen LogP contribution < -0.4 is 5.32 Å². The van der Waals surface area contributed by atoms with Gasteiger partial charge in [-0.1, -0.05) is 0 Å². The number of amides is 1. The molecule has 2 rings (SSSR count). The number of halogens is 3. The Morgan fingerprint density at radius 2 is 1.94 bits per heavy atom. The highest BCUT2D eigenvalue weighted by molar-refractivity contribution is 5.85. The van der Waals surface area contributed by atoms with Gasteiger partial charge in [-0.25, -0.2) is 8.78 Å². The third-order valence-electron chi connectivity index (χ3n) is 3.75. The molecule has 1 saturated carbocycles. The van der Waals surface area contributed by atoms with Crippen LogP contribution in [0, 0.1) is 5.92 Å². The van der Waals surface area contributed by atoms with E-state index in [1.54, 1.807) is 0 Å². The largest absolute Gasteiger partial charge is 0.340 e. The van der Waals surface area contributed by atoms with Gasteiger partial charge in [-0.05, 0) is 19.8 Å². The molecule has 1 aliphatic carbocycles. The van der Waals surface area contributed by atoms with Crippen molar-refractivity contribution < 1.29 is 13.6 Å². The van der Waals surface area contributed by atoms with Crippen LogP contribution in [-0.2, 0) is 4.79 Å². The first kappa shape index (κ1) is 15.6. The Bertz CT molecular complexity index is 292. The molecule has 3 nitrogen and oxygen atoms in total. The number of nitrogens with zero attached hydrogens (tertiary/aromatic N) is 1. The molecule has 0 aromatic rings. The smallest absolute Gasteiger partial charge is 0.248 e. The summed E-state index contributed by atoms with van der Waals surface area (Å²) < 4.78 is 26.0. The lowest BCUT2D eigenvalue weighted by molar-refractivity contribution is -0.140. The molecule has 1 aliphatic heterocycles. The van der Waals surface area contributed by atoms with E-state index in [0.717, 1.165) is 6.54 Å². The van der Waals surface area contributed by atoms with Gasteiger partial charge in [0.05, 0.1) is 0 Å². The van der Waals surface area contributed by atoms with Gasteiger partial charge < -0.3 is 10.2 Å². The van der Waals surface area contributed by atoms with Crippen molar-refractivity contribution in [2.24, 2.45) is 5.92 Å². The molecule has 1 atom stereocenters. The van der Waals surface area contributed by atoms with Crippen LogP contribution in [0.3, 0.4) is 0 Å². The third kappa shape index (κ3) is 3.79. The molecule has 0 aromatic heterocycles. The molecule has 106 valence electrons. The first-order chi connectivity index (χ1) is 7.98. The number of carbonyl (C=O) groups is 1. The van der Waals surface area contributed by atoms with Gasteiger partial charge in [-0.3, -0.25) is 4.79 Å². The summed E-state index contributed by atoms with van der Waals surface area (Å²) in [5.74, 6) is -2.65. The van der Waals surface area contributed by atoms with Crippen molar-refractivity contribution in [3.8, 4) is 0 Å². The zero-order valence-electron chi connectivity index (χ0n) is 10.6. The van der Waals surface area contributed by atoms with E-state index in [2.05, 4.69) is 5.32 Å². The molecular formula is C12H21ClF2N2O. The van der Waals surface area contributed by atoms with E-state index in [-0.39, 0.29) is 37.1 Å².